The van der Waals surface area contributed by atoms with E-state index < -0.39 is 0 Å². The summed E-state index contributed by atoms with van der Waals surface area (Å²) in [6, 6.07) is 0.553. The molecule has 0 aromatic heterocycles. The first-order valence-electron chi connectivity index (χ1n) is 4.22. The monoisotopic (exact) mass is 154 g/mol. The molecule has 0 amide bonds. The Morgan fingerprint density at radius 1 is 1.36 bits per heavy atom. The molecule has 1 aliphatic heterocycles. The zero-order valence-corrected chi connectivity index (χ0v) is 8.13. The summed E-state index contributed by atoms with van der Waals surface area (Å²) >= 11 is 0. The summed E-state index contributed by atoms with van der Waals surface area (Å²) in [7, 11) is 4.24. The fourth-order valence-electron chi connectivity index (χ4n) is 1.48. The van der Waals surface area contributed by atoms with Crippen molar-refractivity contribution < 1.29 is 0 Å². The maximum atomic E-state index is 2.32. The molecule has 1 rings (SSSR count). The molecule has 0 radical (unpaired) electrons. The van der Waals surface area contributed by atoms with E-state index in [1.807, 2.05) is 0 Å². The number of hydrogen-bond donors (Lipinski definition) is 0. The topological polar surface area (TPSA) is 6.48 Å². The number of nitrogens with zero attached hydrogens (tertiary/aromatic N) is 2. The third kappa shape index (κ3) is 1.41. The van der Waals surface area contributed by atoms with E-state index in [0.717, 1.165) is 0 Å². The van der Waals surface area contributed by atoms with Crippen molar-refractivity contribution in [3.63, 3.8) is 0 Å². The summed E-state index contributed by atoms with van der Waals surface area (Å²) in [4.78, 5) is 0. The maximum Gasteiger partial charge on any atom is 0.0461 e. The molecule has 0 N–H and O–H groups in total. The third-order valence-electron chi connectivity index (χ3n) is 2.44. The molecule has 0 saturated heterocycles. The summed E-state index contributed by atoms with van der Waals surface area (Å²) in [5, 5.41) is 4.48. The smallest absolute Gasteiger partial charge is 0.0461 e. The van der Waals surface area contributed by atoms with Crippen LogP contribution in [0.3, 0.4) is 0 Å². The first kappa shape index (κ1) is 8.60. The standard InChI is InChI=1S/C9H18N2/c1-7(2)9-6-8(3)10(4)11(9)5/h6-8H,1-5H3. The zero-order valence-electron chi connectivity index (χ0n) is 8.13. The van der Waals surface area contributed by atoms with Crippen LogP contribution in [-0.4, -0.2) is 30.2 Å². The van der Waals surface area contributed by atoms with E-state index >= 15 is 0 Å². The summed E-state index contributed by atoms with van der Waals surface area (Å²) in [5.74, 6) is 0.632. The van der Waals surface area contributed by atoms with Crippen LogP contribution in [-0.2, 0) is 0 Å². The Bertz CT molecular complexity index is 172. The molecule has 0 saturated carbocycles. The number of hydrazine groups is 1. The van der Waals surface area contributed by atoms with E-state index in [-0.39, 0.29) is 0 Å². The fraction of sp³-hybridized carbons (Fsp3) is 0.778. The molecule has 0 aliphatic carbocycles. The zero-order chi connectivity index (χ0) is 8.59. The highest BCUT2D eigenvalue weighted by Crippen LogP contribution is 2.23. The van der Waals surface area contributed by atoms with Gasteiger partial charge in [0.15, 0.2) is 0 Å². The van der Waals surface area contributed by atoms with Crippen molar-refractivity contribution in [2.45, 2.75) is 26.8 Å². The number of allylic oxidation sites excluding steroid dienone is 1. The van der Waals surface area contributed by atoms with Gasteiger partial charge in [-0.25, -0.2) is 5.01 Å². The molecule has 2 heteroatoms. The summed E-state index contributed by atoms with van der Waals surface area (Å²) in [6.45, 7) is 6.67. The van der Waals surface area contributed by atoms with Gasteiger partial charge in [-0.15, -0.1) is 0 Å². The Kier molecular flexibility index (Phi) is 2.23. The lowest BCUT2D eigenvalue weighted by atomic mass is 10.1. The van der Waals surface area contributed by atoms with Crippen LogP contribution < -0.4 is 0 Å². The molecule has 0 bridgehead atoms. The molecule has 0 fully saturated rings. The Labute approximate surface area is 69.5 Å². The lowest BCUT2D eigenvalue weighted by molar-refractivity contribution is 0.0610. The molecule has 64 valence electrons. The van der Waals surface area contributed by atoms with Crippen LogP contribution in [0.25, 0.3) is 0 Å². The molecule has 11 heavy (non-hydrogen) atoms. The molecule has 1 unspecified atom stereocenters. The molecule has 0 aromatic carbocycles. The lowest BCUT2D eigenvalue weighted by Gasteiger charge is -2.28. The van der Waals surface area contributed by atoms with Gasteiger partial charge in [-0.1, -0.05) is 13.8 Å². The summed E-state index contributed by atoms with van der Waals surface area (Å²) in [5.41, 5.74) is 1.43. The van der Waals surface area contributed by atoms with E-state index in [9.17, 15) is 0 Å². The third-order valence-corrected chi connectivity index (χ3v) is 2.44. The van der Waals surface area contributed by atoms with Gasteiger partial charge in [0.05, 0.1) is 0 Å². The quantitative estimate of drug-likeness (QED) is 0.567. The first-order chi connectivity index (χ1) is 5.04. The normalized spacial score (nSPS) is 26.5. The first-order valence-corrected chi connectivity index (χ1v) is 4.22. The summed E-state index contributed by atoms with van der Waals surface area (Å²) in [6.07, 6.45) is 2.32. The average molecular weight is 154 g/mol. The van der Waals surface area contributed by atoms with E-state index in [4.69, 9.17) is 0 Å². The van der Waals surface area contributed by atoms with E-state index in [1.165, 1.54) is 5.70 Å². The average Bonchev–Trinajstić information content (AvgIpc) is 2.17. The Hall–Kier alpha value is -0.500. The molecule has 2 nitrogen and oxygen atoms in total. The van der Waals surface area contributed by atoms with Gasteiger partial charge in [-0.05, 0) is 18.9 Å². The van der Waals surface area contributed by atoms with Crippen LogP contribution in [0.2, 0.25) is 0 Å². The van der Waals surface area contributed by atoms with Crippen molar-refractivity contribution in [3.05, 3.63) is 11.8 Å². The highest BCUT2D eigenvalue weighted by atomic mass is 15.6. The lowest BCUT2D eigenvalue weighted by Crippen LogP contribution is -2.35. The van der Waals surface area contributed by atoms with Gasteiger partial charge in [0.25, 0.3) is 0 Å². The largest absolute Gasteiger partial charge is 0.313 e. The SMILES string of the molecule is CC(C)C1=CC(C)N(C)N1C. The minimum Gasteiger partial charge on any atom is -0.313 e. The van der Waals surface area contributed by atoms with Gasteiger partial charge in [0, 0.05) is 25.8 Å². The highest BCUT2D eigenvalue weighted by molar-refractivity contribution is 5.11. The Balaban J connectivity index is 2.75. The van der Waals surface area contributed by atoms with Crippen LogP contribution in [0.5, 0.6) is 0 Å². The minimum atomic E-state index is 0.553. The van der Waals surface area contributed by atoms with Crippen molar-refractivity contribution in [3.8, 4) is 0 Å². The van der Waals surface area contributed by atoms with Crippen molar-refractivity contribution in [2.24, 2.45) is 5.92 Å². The van der Waals surface area contributed by atoms with E-state index in [1.54, 1.807) is 0 Å². The second-order valence-corrected chi connectivity index (χ2v) is 3.58. The van der Waals surface area contributed by atoms with Crippen LogP contribution in [0.1, 0.15) is 20.8 Å². The van der Waals surface area contributed by atoms with Gasteiger partial charge in [-0.3, -0.25) is 0 Å². The molecular weight excluding hydrogens is 136 g/mol. The van der Waals surface area contributed by atoms with Crippen molar-refractivity contribution in [1.82, 2.24) is 10.0 Å². The van der Waals surface area contributed by atoms with Crippen LogP contribution >= 0.6 is 0 Å². The van der Waals surface area contributed by atoms with Gasteiger partial charge in [0.2, 0.25) is 0 Å². The maximum absolute atomic E-state index is 2.32. The summed E-state index contributed by atoms with van der Waals surface area (Å²) < 4.78 is 0. The number of likely N-dealkylation sites (N-methyl/N-ethyl adjacent to an activating group) is 1. The number of hydrogen-bond acceptors (Lipinski definition) is 2. The second kappa shape index (κ2) is 2.86. The van der Waals surface area contributed by atoms with Gasteiger partial charge in [0.1, 0.15) is 0 Å². The number of rotatable bonds is 1. The highest BCUT2D eigenvalue weighted by Gasteiger charge is 2.23. The van der Waals surface area contributed by atoms with Gasteiger partial charge < -0.3 is 5.01 Å². The van der Waals surface area contributed by atoms with Crippen LogP contribution in [0, 0.1) is 5.92 Å². The predicted octanol–water partition coefficient (Wildman–Crippen LogP) is 1.71. The molecule has 1 atom stereocenters. The van der Waals surface area contributed by atoms with Crippen LogP contribution in [0.15, 0.2) is 11.8 Å². The molecule has 1 heterocycles. The minimum absolute atomic E-state index is 0.553. The Morgan fingerprint density at radius 2 is 1.91 bits per heavy atom. The van der Waals surface area contributed by atoms with Crippen molar-refractivity contribution >= 4 is 0 Å². The fourth-order valence-corrected chi connectivity index (χ4v) is 1.48. The van der Waals surface area contributed by atoms with E-state index in [0.29, 0.717) is 12.0 Å². The van der Waals surface area contributed by atoms with Crippen molar-refractivity contribution in [1.29, 1.82) is 0 Å². The van der Waals surface area contributed by atoms with Crippen LogP contribution in [0.4, 0.5) is 0 Å². The molecular formula is C9H18N2. The second-order valence-electron chi connectivity index (χ2n) is 3.58. The molecule has 0 aromatic rings. The molecule has 1 aliphatic rings. The van der Waals surface area contributed by atoms with Gasteiger partial charge in [-0.2, -0.15) is 0 Å². The Morgan fingerprint density at radius 3 is 2.09 bits per heavy atom. The molecule has 0 spiro atoms. The van der Waals surface area contributed by atoms with Gasteiger partial charge >= 0.3 is 0 Å². The van der Waals surface area contributed by atoms with E-state index in [2.05, 4.69) is 51.0 Å². The predicted molar refractivity (Wildman–Crippen MR) is 47.9 cm³/mol. The van der Waals surface area contributed by atoms with Crippen molar-refractivity contribution in [2.75, 3.05) is 14.1 Å².